The van der Waals surface area contributed by atoms with Gasteiger partial charge in [0.1, 0.15) is 12.1 Å². The Hall–Kier alpha value is -2.89. The molecule has 2 rings (SSSR count). The van der Waals surface area contributed by atoms with Crippen LogP contribution in [0.3, 0.4) is 0 Å². The van der Waals surface area contributed by atoms with Crippen molar-refractivity contribution in [3.05, 3.63) is 35.9 Å². The third kappa shape index (κ3) is 7.22. The molecule has 156 valence electrons. The molecule has 1 fully saturated rings. The van der Waals surface area contributed by atoms with Gasteiger partial charge < -0.3 is 10.1 Å². The molecule has 0 aliphatic heterocycles. The van der Waals surface area contributed by atoms with E-state index in [4.69, 9.17) is 21.6 Å². The van der Waals surface area contributed by atoms with Crippen LogP contribution in [0.1, 0.15) is 44.1 Å². The first-order chi connectivity index (χ1) is 13.9. The summed E-state index contributed by atoms with van der Waals surface area (Å²) < 4.78 is 5.56. The van der Waals surface area contributed by atoms with Crippen LogP contribution in [0.25, 0.3) is 0 Å². The fourth-order valence-corrected chi connectivity index (χ4v) is 3.28. The van der Waals surface area contributed by atoms with Crippen LogP contribution in [0.4, 0.5) is 0 Å². The van der Waals surface area contributed by atoms with Crippen LogP contribution < -0.4 is 5.32 Å². The van der Waals surface area contributed by atoms with E-state index in [1.54, 1.807) is 0 Å². The van der Waals surface area contributed by atoms with Crippen molar-refractivity contribution in [2.24, 2.45) is 5.92 Å². The molecule has 0 spiro atoms. The van der Waals surface area contributed by atoms with Crippen molar-refractivity contribution in [3.8, 4) is 12.3 Å². The molecule has 29 heavy (non-hydrogen) atoms. The lowest BCUT2D eigenvalue weighted by Crippen LogP contribution is -2.47. The van der Waals surface area contributed by atoms with Crippen LogP contribution in [-0.4, -0.2) is 45.6 Å². The molecule has 1 aliphatic rings. The quantitative estimate of drug-likeness (QED) is 0.251. The molecule has 1 aliphatic carbocycles. The summed E-state index contributed by atoms with van der Waals surface area (Å²) in [5.41, 5.74) is 0.836. The molecule has 0 radical (unpaired) electrons. The molecule has 0 unspecified atom stereocenters. The molecular weight excluding hydrogens is 376 g/mol. The molecule has 1 aromatic carbocycles. The van der Waals surface area contributed by atoms with E-state index in [2.05, 4.69) is 11.2 Å². The lowest BCUT2D eigenvalue weighted by molar-refractivity contribution is -0.285. The van der Waals surface area contributed by atoms with Gasteiger partial charge in [-0.25, -0.2) is 4.79 Å². The minimum absolute atomic E-state index is 0.0961. The molecule has 0 aromatic heterocycles. The van der Waals surface area contributed by atoms with Crippen LogP contribution in [-0.2, 0) is 25.5 Å². The summed E-state index contributed by atoms with van der Waals surface area (Å²) in [6.45, 7) is 0. The number of hydrogen-bond acceptors (Lipinski definition) is 6. The Labute approximate surface area is 169 Å². The summed E-state index contributed by atoms with van der Waals surface area (Å²) >= 11 is 0. The zero-order valence-corrected chi connectivity index (χ0v) is 16.1. The maximum atomic E-state index is 12.7. The van der Waals surface area contributed by atoms with E-state index in [9.17, 15) is 14.4 Å². The third-order valence-electron chi connectivity index (χ3n) is 4.85. The van der Waals surface area contributed by atoms with Crippen molar-refractivity contribution in [1.82, 2.24) is 10.5 Å². The zero-order valence-electron chi connectivity index (χ0n) is 16.1. The first-order valence-electron chi connectivity index (χ1n) is 9.59. The Bertz CT molecular complexity index is 737. The molecule has 2 atom stereocenters. The Morgan fingerprint density at radius 2 is 1.86 bits per heavy atom. The largest absolute Gasteiger partial charge is 0.461 e. The Morgan fingerprint density at radius 1 is 1.21 bits per heavy atom. The number of amides is 2. The van der Waals surface area contributed by atoms with Crippen molar-refractivity contribution in [2.45, 2.75) is 57.1 Å². The first kappa shape index (κ1) is 22.4. The van der Waals surface area contributed by atoms with Crippen molar-refractivity contribution in [1.29, 1.82) is 0 Å². The summed E-state index contributed by atoms with van der Waals surface area (Å²) in [7, 11) is 0. The molecule has 0 saturated heterocycles. The second-order valence-corrected chi connectivity index (χ2v) is 7.09. The van der Waals surface area contributed by atoms with Gasteiger partial charge in [0.05, 0.1) is 5.92 Å². The van der Waals surface area contributed by atoms with Crippen molar-refractivity contribution in [3.63, 3.8) is 0 Å². The smallest absolute Gasteiger partial charge is 0.329 e. The monoisotopic (exact) mass is 402 g/mol. The second kappa shape index (κ2) is 11.2. The number of hydroxylamine groups is 2. The van der Waals surface area contributed by atoms with Gasteiger partial charge in [0.25, 0.3) is 5.91 Å². The number of terminal acetylenes is 1. The van der Waals surface area contributed by atoms with E-state index in [1.165, 1.54) is 0 Å². The van der Waals surface area contributed by atoms with E-state index >= 15 is 0 Å². The molecule has 2 amide bonds. The first-order valence-corrected chi connectivity index (χ1v) is 9.59. The number of ether oxygens (including phenoxy) is 1. The summed E-state index contributed by atoms with van der Waals surface area (Å²) in [5, 5.41) is 19.7. The van der Waals surface area contributed by atoms with Gasteiger partial charge in [0.2, 0.25) is 5.91 Å². The van der Waals surface area contributed by atoms with Gasteiger partial charge in [-0.2, -0.15) is 0 Å². The van der Waals surface area contributed by atoms with Crippen molar-refractivity contribution >= 4 is 17.8 Å². The van der Waals surface area contributed by atoms with Crippen molar-refractivity contribution in [2.75, 3.05) is 0 Å². The molecular formula is C21H26N2O6. The predicted octanol–water partition coefficient (Wildman–Crippen LogP) is 1.84. The highest BCUT2D eigenvalue weighted by molar-refractivity contribution is 5.89. The third-order valence-corrected chi connectivity index (χ3v) is 4.85. The standard InChI is InChI=1S/C21H26N2O6/c1-2-8-16(14-19(24)23(27)28)20(25)22-18(13-15-9-4-3-5-10-15)21(26)29-17-11-6-7-12-17/h1,3-5,9-10,16-18,27-28H,6-8,11-14H2,(H,22,25)/t16-,18+/m1/s1. The number of rotatable bonds is 9. The minimum atomic E-state index is -1.08. The van der Waals surface area contributed by atoms with E-state index in [0.717, 1.165) is 31.2 Å². The number of carbonyl (C=O) groups excluding carboxylic acids is 3. The fraction of sp³-hybridized carbons (Fsp3) is 0.476. The molecule has 1 aromatic rings. The Morgan fingerprint density at radius 3 is 2.45 bits per heavy atom. The van der Waals surface area contributed by atoms with E-state index < -0.39 is 41.4 Å². The lowest BCUT2D eigenvalue weighted by Gasteiger charge is -2.23. The Kier molecular flexibility index (Phi) is 8.65. The summed E-state index contributed by atoms with van der Waals surface area (Å²) in [6.07, 6.45) is 8.34. The molecule has 0 heterocycles. The lowest BCUT2D eigenvalue weighted by atomic mass is 9.98. The summed E-state index contributed by atoms with van der Waals surface area (Å²) in [5.74, 6) is -0.949. The number of esters is 1. The Balaban J connectivity index is 2.10. The van der Waals surface area contributed by atoms with Gasteiger partial charge in [-0.1, -0.05) is 35.6 Å². The van der Waals surface area contributed by atoms with Gasteiger partial charge in [-0.3, -0.25) is 20.0 Å². The van der Waals surface area contributed by atoms with Gasteiger partial charge >= 0.3 is 5.97 Å². The SMILES string of the molecule is C#CC[C@H](CC(=O)N(O)O)C(=O)N[C@@H](Cc1ccccc1)C(=O)OC1CCCC1. The normalized spacial score (nSPS) is 15.8. The van der Waals surface area contributed by atoms with Crippen LogP contribution in [0, 0.1) is 18.3 Å². The molecule has 3 N–H and O–H groups in total. The summed E-state index contributed by atoms with van der Waals surface area (Å²) in [6, 6.07) is 8.22. The van der Waals surface area contributed by atoms with E-state index in [-0.39, 0.29) is 18.9 Å². The number of nitrogens with zero attached hydrogens (tertiary/aromatic N) is 1. The molecule has 8 nitrogen and oxygen atoms in total. The second-order valence-electron chi connectivity index (χ2n) is 7.09. The summed E-state index contributed by atoms with van der Waals surface area (Å²) in [4.78, 5) is 37.0. The molecule has 0 bridgehead atoms. The van der Waals surface area contributed by atoms with Crippen molar-refractivity contribution < 1.29 is 29.5 Å². The number of benzene rings is 1. The number of carbonyl (C=O) groups is 3. The van der Waals surface area contributed by atoms with Gasteiger partial charge in [0, 0.05) is 19.3 Å². The fourth-order valence-electron chi connectivity index (χ4n) is 3.28. The average Bonchev–Trinajstić information content (AvgIpc) is 3.20. The molecule has 8 heteroatoms. The topological polar surface area (TPSA) is 116 Å². The maximum absolute atomic E-state index is 12.7. The minimum Gasteiger partial charge on any atom is -0.461 e. The van der Waals surface area contributed by atoms with Crippen LogP contribution in [0.5, 0.6) is 0 Å². The number of hydrogen-bond donors (Lipinski definition) is 3. The van der Waals surface area contributed by atoms with E-state index in [1.807, 2.05) is 30.3 Å². The predicted molar refractivity (Wildman–Crippen MR) is 102 cm³/mol. The molecule has 1 saturated carbocycles. The van der Waals surface area contributed by atoms with Crippen LogP contribution in [0.2, 0.25) is 0 Å². The maximum Gasteiger partial charge on any atom is 0.329 e. The van der Waals surface area contributed by atoms with Gasteiger partial charge in [-0.15, -0.1) is 12.3 Å². The van der Waals surface area contributed by atoms with Crippen LogP contribution >= 0.6 is 0 Å². The highest BCUT2D eigenvalue weighted by atomic mass is 16.8. The highest BCUT2D eigenvalue weighted by Gasteiger charge is 2.30. The zero-order chi connectivity index (χ0) is 21.2. The van der Waals surface area contributed by atoms with E-state index in [0.29, 0.717) is 0 Å². The van der Waals surface area contributed by atoms with Gasteiger partial charge in [0.15, 0.2) is 0 Å². The van der Waals surface area contributed by atoms with Crippen LogP contribution in [0.15, 0.2) is 30.3 Å². The average molecular weight is 402 g/mol. The highest BCUT2D eigenvalue weighted by Crippen LogP contribution is 2.22. The van der Waals surface area contributed by atoms with Gasteiger partial charge in [-0.05, 0) is 31.2 Å². The number of nitrogens with one attached hydrogen (secondary N) is 1.